The number of nitrogens with one attached hydrogen (secondary N) is 2. The lowest BCUT2D eigenvalue weighted by molar-refractivity contribution is -0.126. The predicted molar refractivity (Wildman–Crippen MR) is 144 cm³/mol. The third-order valence-electron chi connectivity index (χ3n) is 6.46. The maximum atomic E-state index is 13.5. The lowest BCUT2D eigenvalue weighted by atomic mass is 10.00. The van der Waals surface area contributed by atoms with Crippen molar-refractivity contribution in [2.45, 2.75) is 25.2 Å². The molecule has 0 saturated carbocycles. The van der Waals surface area contributed by atoms with Crippen LogP contribution >= 0.6 is 0 Å². The third kappa shape index (κ3) is 6.13. The molecule has 0 bridgehead atoms. The fraction of sp³-hybridized carbons (Fsp3) is 0.129. The number of hydrogen-bond acceptors (Lipinski definition) is 4. The lowest BCUT2D eigenvalue weighted by Crippen LogP contribution is -2.46. The highest BCUT2D eigenvalue weighted by Crippen LogP contribution is 2.34. The van der Waals surface area contributed by atoms with Gasteiger partial charge in [0.15, 0.2) is 12.1 Å². The first kappa shape index (κ1) is 25.7. The van der Waals surface area contributed by atoms with Gasteiger partial charge in [0, 0.05) is 17.8 Å². The number of halogens is 1. The van der Waals surface area contributed by atoms with Crippen LogP contribution in [0.1, 0.15) is 33.2 Å². The Morgan fingerprint density at radius 1 is 0.795 bits per heavy atom. The Labute approximate surface area is 225 Å². The molecule has 2 N–H and O–H groups in total. The molecule has 1 fully saturated rings. The van der Waals surface area contributed by atoms with Crippen LogP contribution in [0.2, 0.25) is 0 Å². The first-order chi connectivity index (χ1) is 19.0. The number of hydrogen-bond donors (Lipinski definition) is 2. The van der Waals surface area contributed by atoms with Crippen LogP contribution in [0.5, 0.6) is 0 Å². The summed E-state index contributed by atoms with van der Waals surface area (Å²) < 4.78 is 19.0. The summed E-state index contributed by atoms with van der Waals surface area (Å²) in [4.78, 5) is 40.4. The fourth-order valence-electron chi connectivity index (χ4n) is 4.44. The standard InChI is InChI=1S/C31H26FN3O4/c32-25-15-11-21(12-16-25)19-33-30(37)27-28(39-31(38)35(27)20-22-7-3-1-4-8-22)23-13-17-26(18-14-23)34-29(36)24-9-5-2-6-10-24/h1-18,27-28H,19-20H2,(H,33,37)(H,34,36)/t27-,28+/m1/s1. The number of anilines is 1. The minimum Gasteiger partial charge on any atom is -0.438 e. The van der Waals surface area contributed by atoms with Gasteiger partial charge < -0.3 is 15.4 Å². The van der Waals surface area contributed by atoms with Crippen molar-refractivity contribution >= 4 is 23.6 Å². The molecule has 2 atom stereocenters. The average molecular weight is 524 g/mol. The maximum absolute atomic E-state index is 13.5. The van der Waals surface area contributed by atoms with Crippen LogP contribution in [-0.4, -0.2) is 28.8 Å². The van der Waals surface area contributed by atoms with Gasteiger partial charge in [0.2, 0.25) is 5.91 Å². The molecular formula is C31H26FN3O4. The van der Waals surface area contributed by atoms with E-state index in [1.54, 1.807) is 60.7 Å². The summed E-state index contributed by atoms with van der Waals surface area (Å²) in [5.74, 6) is -1.01. The molecule has 0 unspecified atom stereocenters. The number of cyclic esters (lactones) is 1. The summed E-state index contributed by atoms with van der Waals surface area (Å²) >= 11 is 0. The summed E-state index contributed by atoms with van der Waals surface area (Å²) in [6.07, 6.45) is -1.47. The molecule has 0 aliphatic carbocycles. The zero-order chi connectivity index (χ0) is 27.2. The van der Waals surface area contributed by atoms with E-state index in [0.717, 1.165) is 11.1 Å². The molecule has 1 heterocycles. The molecule has 0 aromatic heterocycles. The largest absolute Gasteiger partial charge is 0.438 e. The molecule has 5 rings (SSSR count). The van der Waals surface area contributed by atoms with E-state index in [9.17, 15) is 18.8 Å². The molecule has 4 aromatic carbocycles. The van der Waals surface area contributed by atoms with E-state index < -0.39 is 24.1 Å². The average Bonchev–Trinajstić information content (AvgIpc) is 3.29. The third-order valence-corrected chi connectivity index (χ3v) is 6.46. The fourth-order valence-corrected chi connectivity index (χ4v) is 4.44. The van der Waals surface area contributed by atoms with Gasteiger partial charge >= 0.3 is 6.09 Å². The summed E-state index contributed by atoms with van der Waals surface area (Å²) in [6, 6.07) is 30.0. The van der Waals surface area contributed by atoms with Gasteiger partial charge in [-0.05, 0) is 53.1 Å². The predicted octanol–water partition coefficient (Wildman–Crippen LogP) is 5.46. The first-order valence-electron chi connectivity index (χ1n) is 12.5. The van der Waals surface area contributed by atoms with E-state index in [1.807, 2.05) is 36.4 Å². The Kier molecular flexibility index (Phi) is 7.63. The Hall–Kier alpha value is -4.98. The van der Waals surface area contributed by atoms with Crippen LogP contribution in [0.3, 0.4) is 0 Å². The highest BCUT2D eigenvalue weighted by molar-refractivity contribution is 6.04. The van der Waals surface area contributed by atoms with Crippen LogP contribution in [0.4, 0.5) is 14.9 Å². The van der Waals surface area contributed by atoms with Crippen LogP contribution < -0.4 is 10.6 Å². The molecule has 7 nitrogen and oxygen atoms in total. The number of nitrogens with zero attached hydrogens (tertiary/aromatic N) is 1. The summed E-state index contributed by atoms with van der Waals surface area (Å²) in [7, 11) is 0. The quantitative estimate of drug-likeness (QED) is 0.321. The van der Waals surface area contributed by atoms with Gasteiger partial charge in [0.05, 0.1) is 6.54 Å². The Morgan fingerprint density at radius 2 is 1.44 bits per heavy atom. The zero-order valence-corrected chi connectivity index (χ0v) is 20.9. The van der Waals surface area contributed by atoms with Crippen molar-refractivity contribution in [1.82, 2.24) is 10.2 Å². The van der Waals surface area contributed by atoms with Crippen molar-refractivity contribution in [1.29, 1.82) is 0 Å². The van der Waals surface area contributed by atoms with E-state index in [2.05, 4.69) is 10.6 Å². The molecule has 0 radical (unpaired) electrons. The smallest absolute Gasteiger partial charge is 0.411 e. The number of rotatable bonds is 8. The number of carbonyl (C=O) groups is 3. The van der Waals surface area contributed by atoms with Crippen LogP contribution in [0, 0.1) is 5.82 Å². The first-order valence-corrected chi connectivity index (χ1v) is 12.5. The topological polar surface area (TPSA) is 87.7 Å². The SMILES string of the molecule is O=C(Nc1ccc([C@@H]2OC(=O)N(Cc3ccccc3)[C@H]2C(=O)NCc2ccc(F)cc2)cc1)c1ccccc1. The van der Waals surface area contributed by atoms with E-state index in [0.29, 0.717) is 16.8 Å². The highest BCUT2D eigenvalue weighted by Gasteiger charge is 2.46. The minimum absolute atomic E-state index is 0.167. The molecule has 1 aliphatic rings. The minimum atomic E-state index is -0.942. The van der Waals surface area contributed by atoms with Gasteiger partial charge in [-0.3, -0.25) is 14.5 Å². The molecule has 0 spiro atoms. The molecule has 39 heavy (non-hydrogen) atoms. The van der Waals surface area contributed by atoms with E-state index >= 15 is 0 Å². The Balaban J connectivity index is 1.36. The molecule has 4 aromatic rings. The molecule has 1 saturated heterocycles. The van der Waals surface area contributed by atoms with Gasteiger partial charge in [-0.15, -0.1) is 0 Å². The molecular weight excluding hydrogens is 497 g/mol. The van der Waals surface area contributed by atoms with Crippen molar-refractivity contribution in [3.63, 3.8) is 0 Å². The van der Waals surface area contributed by atoms with Gasteiger partial charge in [0.1, 0.15) is 5.82 Å². The van der Waals surface area contributed by atoms with Crippen molar-refractivity contribution in [2.75, 3.05) is 5.32 Å². The molecule has 8 heteroatoms. The maximum Gasteiger partial charge on any atom is 0.411 e. The van der Waals surface area contributed by atoms with Crippen LogP contribution in [-0.2, 0) is 22.6 Å². The lowest BCUT2D eigenvalue weighted by Gasteiger charge is -2.24. The molecule has 1 aliphatic heterocycles. The van der Waals surface area contributed by atoms with Gasteiger partial charge in [-0.1, -0.05) is 72.8 Å². The van der Waals surface area contributed by atoms with Crippen LogP contribution in [0.15, 0.2) is 109 Å². The van der Waals surface area contributed by atoms with E-state index in [4.69, 9.17) is 4.74 Å². The van der Waals surface area contributed by atoms with E-state index in [-0.39, 0.29) is 24.8 Å². The zero-order valence-electron chi connectivity index (χ0n) is 20.9. The van der Waals surface area contributed by atoms with Gasteiger partial charge in [-0.25, -0.2) is 9.18 Å². The van der Waals surface area contributed by atoms with Crippen molar-refractivity contribution < 1.29 is 23.5 Å². The second-order valence-corrected chi connectivity index (χ2v) is 9.15. The van der Waals surface area contributed by atoms with Gasteiger partial charge in [-0.2, -0.15) is 0 Å². The molecule has 196 valence electrons. The van der Waals surface area contributed by atoms with Crippen molar-refractivity contribution in [2.24, 2.45) is 0 Å². The molecule has 3 amide bonds. The number of carbonyl (C=O) groups excluding carboxylic acids is 3. The van der Waals surface area contributed by atoms with Crippen molar-refractivity contribution in [3.05, 3.63) is 137 Å². The normalized spacial score (nSPS) is 16.4. The number of amides is 3. The second-order valence-electron chi connectivity index (χ2n) is 9.15. The summed E-state index contributed by atoms with van der Waals surface area (Å²) in [5.41, 5.74) is 3.28. The summed E-state index contributed by atoms with van der Waals surface area (Å²) in [5, 5.41) is 5.70. The number of ether oxygens (including phenoxy) is 1. The van der Waals surface area contributed by atoms with Crippen LogP contribution in [0.25, 0.3) is 0 Å². The van der Waals surface area contributed by atoms with E-state index in [1.165, 1.54) is 17.0 Å². The number of benzene rings is 4. The van der Waals surface area contributed by atoms with Crippen molar-refractivity contribution in [3.8, 4) is 0 Å². The Morgan fingerprint density at radius 3 is 2.10 bits per heavy atom. The highest BCUT2D eigenvalue weighted by atomic mass is 19.1. The monoisotopic (exact) mass is 523 g/mol. The second kappa shape index (κ2) is 11.6. The Bertz CT molecular complexity index is 1450. The van der Waals surface area contributed by atoms with Gasteiger partial charge in [0.25, 0.3) is 5.91 Å². The summed E-state index contributed by atoms with van der Waals surface area (Å²) in [6.45, 7) is 0.357.